The van der Waals surface area contributed by atoms with Gasteiger partial charge in [0, 0.05) is 7.05 Å². The number of benzene rings is 1. The van der Waals surface area contributed by atoms with E-state index in [1.54, 1.807) is 43.6 Å². The van der Waals surface area contributed by atoms with Crippen LogP contribution in [0.15, 0.2) is 47.1 Å². The molecule has 0 saturated carbocycles. The van der Waals surface area contributed by atoms with Gasteiger partial charge in [-0.2, -0.15) is 0 Å². The quantitative estimate of drug-likeness (QED) is 0.832. The number of furan rings is 1. The molecule has 2 aromatic rings. The highest BCUT2D eigenvalue weighted by Crippen LogP contribution is 2.10. The van der Waals surface area contributed by atoms with Crippen molar-refractivity contribution in [3.63, 3.8) is 0 Å². The normalized spacial score (nSPS) is 10.3. The molecule has 3 nitrogen and oxygen atoms in total. The molecule has 0 aliphatic heterocycles. The van der Waals surface area contributed by atoms with Gasteiger partial charge in [0.2, 0.25) is 5.91 Å². The van der Waals surface area contributed by atoms with E-state index in [4.69, 9.17) is 4.42 Å². The minimum absolute atomic E-state index is 0.0594. The van der Waals surface area contributed by atoms with Crippen molar-refractivity contribution in [2.24, 2.45) is 0 Å². The number of nitrogens with zero attached hydrogens (tertiary/aromatic N) is 1. The fraction of sp³-hybridized carbons (Fsp3) is 0.214. The predicted molar refractivity (Wildman–Crippen MR) is 65.3 cm³/mol. The average Bonchev–Trinajstić information content (AvgIpc) is 2.84. The molecule has 1 aromatic carbocycles. The van der Waals surface area contributed by atoms with E-state index in [-0.39, 0.29) is 18.1 Å². The first kappa shape index (κ1) is 12.4. The van der Waals surface area contributed by atoms with Gasteiger partial charge >= 0.3 is 0 Å². The van der Waals surface area contributed by atoms with Gasteiger partial charge < -0.3 is 9.32 Å². The zero-order chi connectivity index (χ0) is 13.0. The maximum Gasteiger partial charge on any atom is 0.227 e. The molecule has 4 heteroatoms. The molecule has 0 radical (unpaired) electrons. The molecule has 0 unspecified atom stereocenters. The van der Waals surface area contributed by atoms with Crippen LogP contribution in [-0.4, -0.2) is 17.9 Å². The van der Waals surface area contributed by atoms with Gasteiger partial charge in [0.1, 0.15) is 11.6 Å². The number of amides is 1. The minimum Gasteiger partial charge on any atom is -0.467 e. The molecular weight excluding hydrogens is 233 g/mol. The fourth-order valence-corrected chi connectivity index (χ4v) is 1.66. The summed E-state index contributed by atoms with van der Waals surface area (Å²) in [4.78, 5) is 13.4. The highest BCUT2D eigenvalue weighted by atomic mass is 19.1. The van der Waals surface area contributed by atoms with E-state index >= 15 is 0 Å². The first-order valence-corrected chi connectivity index (χ1v) is 5.66. The maximum absolute atomic E-state index is 13.4. The molecule has 94 valence electrons. The molecule has 0 bridgehead atoms. The molecule has 0 fully saturated rings. The van der Waals surface area contributed by atoms with E-state index < -0.39 is 0 Å². The van der Waals surface area contributed by atoms with E-state index in [2.05, 4.69) is 0 Å². The van der Waals surface area contributed by atoms with Gasteiger partial charge in [-0.15, -0.1) is 0 Å². The zero-order valence-electron chi connectivity index (χ0n) is 10.1. The third-order valence-corrected chi connectivity index (χ3v) is 2.70. The van der Waals surface area contributed by atoms with Crippen LogP contribution < -0.4 is 0 Å². The number of hydrogen-bond acceptors (Lipinski definition) is 2. The predicted octanol–water partition coefficient (Wildman–Crippen LogP) is 2.62. The smallest absolute Gasteiger partial charge is 0.227 e. The van der Waals surface area contributed by atoms with E-state index in [9.17, 15) is 9.18 Å². The van der Waals surface area contributed by atoms with Crippen LogP contribution >= 0.6 is 0 Å². The van der Waals surface area contributed by atoms with Crippen LogP contribution in [-0.2, 0) is 17.8 Å². The molecule has 1 heterocycles. The van der Waals surface area contributed by atoms with Crippen LogP contribution in [0.1, 0.15) is 11.3 Å². The van der Waals surface area contributed by atoms with Crippen LogP contribution in [0.2, 0.25) is 0 Å². The molecule has 18 heavy (non-hydrogen) atoms. The van der Waals surface area contributed by atoms with Gasteiger partial charge in [-0.05, 0) is 23.8 Å². The van der Waals surface area contributed by atoms with E-state index in [0.717, 1.165) is 0 Å². The van der Waals surface area contributed by atoms with Crippen molar-refractivity contribution in [3.8, 4) is 0 Å². The largest absolute Gasteiger partial charge is 0.467 e. The number of halogens is 1. The first-order valence-electron chi connectivity index (χ1n) is 5.66. The Labute approximate surface area is 105 Å². The lowest BCUT2D eigenvalue weighted by Gasteiger charge is -2.15. The van der Waals surface area contributed by atoms with Gasteiger partial charge in [-0.25, -0.2) is 4.39 Å². The van der Waals surface area contributed by atoms with Crippen LogP contribution in [0.4, 0.5) is 4.39 Å². The van der Waals surface area contributed by atoms with Crippen molar-refractivity contribution in [2.75, 3.05) is 7.05 Å². The van der Waals surface area contributed by atoms with Crippen molar-refractivity contribution in [1.29, 1.82) is 0 Å². The fourth-order valence-electron chi connectivity index (χ4n) is 1.66. The molecule has 0 aliphatic rings. The monoisotopic (exact) mass is 247 g/mol. The highest BCUT2D eigenvalue weighted by molar-refractivity contribution is 5.78. The third kappa shape index (κ3) is 2.97. The number of carbonyl (C=O) groups excluding carboxylic acids is 1. The lowest BCUT2D eigenvalue weighted by molar-refractivity contribution is -0.129. The van der Waals surface area contributed by atoms with Gasteiger partial charge in [-0.1, -0.05) is 18.2 Å². The molecule has 1 amide bonds. The second-order valence-corrected chi connectivity index (χ2v) is 4.10. The van der Waals surface area contributed by atoms with Crippen LogP contribution in [0, 0.1) is 5.82 Å². The molecular formula is C14H14FNO2. The minimum atomic E-state index is -0.350. The van der Waals surface area contributed by atoms with Crippen molar-refractivity contribution < 1.29 is 13.6 Å². The summed E-state index contributed by atoms with van der Waals surface area (Å²) in [7, 11) is 1.67. The SMILES string of the molecule is CN(Cc1ccco1)C(=O)Cc1ccccc1F. The second kappa shape index (κ2) is 5.49. The van der Waals surface area contributed by atoms with Crippen molar-refractivity contribution in [1.82, 2.24) is 4.90 Å². The molecule has 0 atom stereocenters. The van der Waals surface area contributed by atoms with E-state index in [1.165, 1.54) is 11.0 Å². The third-order valence-electron chi connectivity index (χ3n) is 2.70. The van der Waals surface area contributed by atoms with Crippen molar-refractivity contribution in [2.45, 2.75) is 13.0 Å². The Kier molecular flexibility index (Phi) is 3.77. The zero-order valence-corrected chi connectivity index (χ0v) is 10.1. The number of rotatable bonds is 4. The Morgan fingerprint density at radius 3 is 2.72 bits per heavy atom. The summed E-state index contributed by atoms with van der Waals surface area (Å²) in [6, 6.07) is 9.87. The Bertz CT molecular complexity index is 522. The molecule has 0 spiro atoms. The van der Waals surface area contributed by atoms with Crippen LogP contribution in [0.3, 0.4) is 0 Å². The Balaban J connectivity index is 1.98. The summed E-state index contributed by atoms with van der Waals surface area (Å²) in [5.74, 6) is 0.216. The van der Waals surface area contributed by atoms with Gasteiger partial charge in [0.05, 0.1) is 19.2 Å². The molecule has 2 rings (SSSR count). The number of likely N-dealkylation sites (N-methyl/N-ethyl adjacent to an activating group) is 1. The summed E-state index contributed by atoms with van der Waals surface area (Å²) in [5, 5.41) is 0. The van der Waals surface area contributed by atoms with E-state index in [1.807, 2.05) is 0 Å². The Hall–Kier alpha value is -2.10. The molecule has 0 saturated heterocycles. The molecule has 0 aliphatic carbocycles. The average molecular weight is 247 g/mol. The molecule has 0 N–H and O–H groups in total. The maximum atomic E-state index is 13.4. The molecule has 1 aromatic heterocycles. The van der Waals surface area contributed by atoms with Gasteiger partial charge in [-0.3, -0.25) is 4.79 Å². The van der Waals surface area contributed by atoms with Gasteiger partial charge in [0.15, 0.2) is 0 Å². The number of hydrogen-bond donors (Lipinski definition) is 0. The van der Waals surface area contributed by atoms with Gasteiger partial charge in [0.25, 0.3) is 0 Å². The van der Waals surface area contributed by atoms with Crippen molar-refractivity contribution in [3.05, 3.63) is 59.8 Å². The van der Waals surface area contributed by atoms with Crippen molar-refractivity contribution >= 4 is 5.91 Å². The first-order chi connectivity index (χ1) is 8.66. The summed E-state index contributed by atoms with van der Waals surface area (Å²) in [6.45, 7) is 0.389. The lowest BCUT2D eigenvalue weighted by atomic mass is 10.1. The standard InChI is InChI=1S/C14H14FNO2/c1-16(10-12-6-4-8-18-12)14(17)9-11-5-2-3-7-13(11)15/h2-8H,9-10H2,1H3. The van der Waals surface area contributed by atoms with Crippen LogP contribution in [0.25, 0.3) is 0 Å². The number of carbonyl (C=O) groups is 1. The second-order valence-electron chi connectivity index (χ2n) is 4.10. The van der Waals surface area contributed by atoms with E-state index in [0.29, 0.717) is 17.9 Å². The Morgan fingerprint density at radius 1 is 1.28 bits per heavy atom. The highest BCUT2D eigenvalue weighted by Gasteiger charge is 2.13. The topological polar surface area (TPSA) is 33.5 Å². The summed E-state index contributed by atoms with van der Waals surface area (Å²) in [6.07, 6.45) is 1.62. The summed E-state index contributed by atoms with van der Waals surface area (Å²) < 4.78 is 18.6. The Morgan fingerprint density at radius 2 is 2.06 bits per heavy atom. The lowest BCUT2D eigenvalue weighted by Crippen LogP contribution is -2.27. The summed E-state index contributed by atoms with van der Waals surface area (Å²) in [5.41, 5.74) is 0.411. The summed E-state index contributed by atoms with van der Waals surface area (Å²) >= 11 is 0. The van der Waals surface area contributed by atoms with Crippen LogP contribution in [0.5, 0.6) is 0 Å².